The molecule has 1 fully saturated rings. The molecule has 1 aliphatic rings. The standard InChI is InChI=1S/C19H32N4O2S/c1-3-26(24,25)22-13-7-12-21-19(20-2)23-14-10-18(11-15-23)16-17-8-5-4-6-9-17/h4-6,8-9,18,22H,3,7,10-16H2,1-2H3,(H,20,21). The van der Waals surface area contributed by atoms with Crippen LogP contribution in [0.5, 0.6) is 0 Å². The maximum absolute atomic E-state index is 11.4. The molecule has 2 rings (SSSR count). The summed E-state index contributed by atoms with van der Waals surface area (Å²) >= 11 is 0. The van der Waals surface area contributed by atoms with Crippen molar-refractivity contribution in [2.24, 2.45) is 10.9 Å². The van der Waals surface area contributed by atoms with Gasteiger partial charge in [-0.25, -0.2) is 13.1 Å². The molecule has 146 valence electrons. The number of rotatable bonds is 8. The fourth-order valence-corrected chi connectivity index (χ4v) is 3.91. The number of guanidine groups is 1. The Kier molecular flexibility index (Phi) is 8.38. The van der Waals surface area contributed by atoms with Gasteiger partial charge in [0.1, 0.15) is 0 Å². The van der Waals surface area contributed by atoms with Crippen molar-refractivity contribution in [3.63, 3.8) is 0 Å². The molecule has 0 saturated carbocycles. The zero-order valence-electron chi connectivity index (χ0n) is 15.9. The first-order valence-corrected chi connectivity index (χ1v) is 11.2. The van der Waals surface area contributed by atoms with Crippen molar-refractivity contribution in [1.29, 1.82) is 0 Å². The molecule has 1 heterocycles. The van der Waals surface area contributed by atoms with Crippen LogP contribution in [0.4, 0.5) is 0 Å². The zero-order chi connectivity index (χ0) is 18.8. The van der Waals surface area contributed by atoms with E-state index in [1.165, 1.54) is 18.4 Å². The Morgan fingerprint density at radius 2 is 1.88 bits per heavy atom. The van der Waals surface area contributed by atoms with Crippen LogP contribution in [0.3, 0.4) is 0 Å². The summed E-state index contributed by atoms with van der Waals surface area (Å²) in [6.07, 6.45) is 4.23. The number of hydrogen-bond donors (Lipinski definition) is 2. The van der Waals surface area contributed by atoms with E-state index in [0.29, 0.717) is 13.1 Å². The van der Waals surface area contributed by atoms with Gasteiger partial charge in [0.2, 0.25) is 10.0 Å². The molecule has 7 heteroatoms. The molecular weight excluding hydrogens is 348 g/mol. The predicted molar refractivity (Wildman–Crippen MR) is 108 cm³/mol. The van der Waals surface area contributed by atoms with Gasteiger partial charge in [-0.3, -0.25) is 4.99 Å². The van der Waals surface area contributed by atoms with Crippen LogP contribution in [-0.2, 0) is 16.4 Å². The van der Waals surface area contributed by atoms with E-state index in [9.17, 15) is 8.42 Å². The SMILES string of the molecule is CCS(=O)(=O)NCCCNC(=NC)N1CCC(Cc2ccccc2)CC1. The van der Waals surface area contributed by atoms with Crippen LogP contribution < -0.4 is 10.0 Å². The summed E-state index contributed by atoms with van der Waals surface area (Å²) in [5.74, 6) is 1.77. The zero-order valence-corrected chi connectivity index (χ0v) is 16.8. The van der Waals surface area contributed by atoms with Gasteiger partial charge >= 0.3 is 0 Å². The molecule has 1 aromatic rings. The third-order valence-electron chi connectivity index (χ3n) is 4.83. The number of nitrogens with zero attached hydrogens (tertiary/aromatic N) is 2. The van der Waals surface area contributed by atoms with E-state index in [0.717, 1.165) is 37.8 Å². The second kappa shape index (κ2) is 10.5. The monoisotopic (exact) mass is 380 g/mol. The molecule has 0 aliphatic carbocycles. The quantitative estimate of drug-likeness (QED) is 0.410. The van der Waals surface area contributed by atoms with Gasteiger partial charge in [0.15, 0.2) is 5.96 Å². The van der Waals surface area contributed by atoms with Gasteiger partial charge in [-0.05, 0) is 44.1 Å². The first-order valence-electron chi connectivity index (χ1n) is 9.51. The highest BCUT2D eigenvalue weighted by atomic mass is 32.2. The predicted octanol–water partition coefficient (Wildman–Crippen LogP) is 1.85. The minimum absolute atomic E-state index is 0.125. The van der Waals surface area contributed by atoms with Gasteiger partial charge in [0.25, 0.3) is 0 Å². The summed E-state index contributed by atoms with van der Waals surface area (Å²) in [4.78, 5) is 6.68. The Morgan fingerprint density at radius 3 is 2.50 bits per heavy atom. The van der Waals surface area contributed by atoms with Crippen molar-refractivity contribution in [2.75, 3.05) is 39.0 Å². The number of likely N-dealkylation sites (tertiary alicyclic amines) is 1. The average Bonchev–Trinajstić information content (AvgIpc) is 2.66. The van der Waals surface area contributed by atoms with Crippen molar-refractivity contribution < 1.29 is 8.42 Å². The second-order valence-electron chi connectivity index (χ2n) is 6.75. The Labute approximate surface area is 158 Å². The second-order valence-corrected chi connectivity index (χ2v) is 8.84. The van der Waals surface area contributed by atoms with E-state index in [1.54, 1.807) is 14.0 Å². The van der Waals surface area contributed by atoms with Gasteiger partial charge in [0, 0.05) is 33.2 Å². The number of piperidine rings is 1. The van der Waals surface area contributed by atoms with Crippen LogP contribution in [-0.4, -0.2) is 58.3 Å². The van der Waals surface area contributed by atoms with Crippen LogP contribution in [0.2, 0.25) is 0 Å². The van der Waals surface area contributed by atoms with Crippen molar-refractivity contribution >= 4 is 16.0 Å². The molecule has 6 nitrogen and oxygen atoms in total. The highest BCUT2D eigenvalue weighted by molar-refractivity contribution is 7.89. The van der Waals surface area contributed by atoms with Crippen molar-refractivity contribution in [3.8, 4) is 0 Å². The van der Waals surface area contributed by atoms with Gasteiger partial charge < -0.3 is 10.2 Å². The smallest absolute Gasteiger partial charge is 0.211 e. The van der Waals surface area contributed by atoms with E-state index < -0.39 is 10.0 Å². The number of nitrogens with one attached hydrogen (secondary N) is 2. The summed E-state index contributed by atoms with van der Waals surface area (Å²) < 4.78 is 25.4. The van der Waals surface area contributed by atoms with Crippen LogP contribution in [0.1, 0.15) is 31.7 Å². The van der Waals surface area contributed by atoms with Crippen LogP contribution in [0.15, 0.2) is 35.3 Å². The number of benzene rings is 1. The molecule has 0 atom stereocenters. The third kappa shape index (κ3) is 6.96. The van der Waals surface area contributed by atoms with E-state index in [1.807, 2.05) is 0 Å². The third-order valence-corrected chi connectivity index (χ3v) is 6.24. The van der Waals surface area contributed by atoms with Crippen LogP contribution in [0, 0.1) is 5.92 Å². The Morgan fingerprint density at radius 1 is 1.19 bits per heavy atom. The maximum atomic E-state index is 11.4. The topological polar surface area (TPSA) is 73.8 Å². The lowest BCUT2D eigenvalue weighted by atomic mass is 9.90. The Balaban J connectivity index is 1.68. The van der Waals surface area contributed by atoms with Crippen molar-refractivity contribution in [1.82, 2.24) is 14.9 Å². The minimum atomic E-state index is -3.10. The van der Waals surface area contributed by atoms with Gasteiger partial charge in [-0.2, -0.15) is 0 Å². The summed E-state index contributed by atoms with van der Waals surface area (Å²) in [6, 6.07) is 10.7. The van der Waals surface area contributed by atoms with Gasteiger partial charge in [0.05, 0.1) is 5.75 Å². The van der Waals surface area contributed by atoms with Gasteiger partial charge in [-0.15, -0.1) is 0 Å². The van der Waals surface area contributed by atoms with Gasteiger partial charge in [-0.1, -0.05) is 30.3 Å². The fraction of sp³-hybridized carbons (Fsp3) is 0.632. The molecule has 1 aliphatic heterocycles. The number of hydrogen-bond acceptors (Lipinski definition) is 3. The summed E-state index contributed by atoms with van der Waals surface area (Å²) in [5.41, 5.74) is 1.42. The van der Waals surface area contributed by atoms with Crippen molar-refractivity contribution in [2.45, 2.75) is 32.6 Å². The lowest BCUT2D eigenvalue weighted by molar-refractivity contribution is 0.259. The van der Waals surface area contributed by atoms with E-state index in [-0.39, 0.29) is 5.75 Å². The number of sulfonamides is 1. The molecule has 0 aromatic heterocycles. The normalized spacial score (nSPS) is 16.7. The molecule has 0 amide bonds. The largest absolute Gasteiger partial charge is 0.356 e. The van der Waals surface area contributed by atoms with Crippen LogP contribution in [0.25, 0.3) is 0 Å². The Hall–Kier alpha value is -1.60. The van der Waals surface area contributed by atoms with E-state index in [2.05, 4.69) is 50.3 Å². The molecule has 2 N–H and O–H groups in total. The average molecular weight is 381 g/mol. The molecule has 1 aromatic carbocycles. The first kappa shape index (κ1) is 20.7. The minimum Gasteiger partial charge on any atom is -0.356 e. The maximum Gasteiger partial charge on any atom is 0.211 e. The molecule has 26 heavy (non-hydrogen) atoms. The van der Waals surface area contributed by atoms with Crippen LogP contribution >= 0.6 is 0 Å². The highest BCUT2D eigenvalue weighted by Crippen LogP contribution is 2.21. The summed E-state index contributed by atoms with van der Waals surface area (Å²) in [6.45, 7) is 4.84. The summed E-state index contributed by atoms with van der Waals surface area (Å²) in [5, 5.41) is 3.35. The first-order chi connectivity index (χ1) is 12.5. The van der Waals surface area contributed by atoms with E-state index in [4.69, 9.17) is 0 Å². The molecule has 0 spiro atoms. The number of aliphatic imine (C=N–C) groups is 1. The Bertz CT molecular complexity index is 653. The summed E-state index contributed by atoms with van der Waals surface area (Å²) in [7, 11) is -1.29. The molecule has 0 bridgehead atoms. The molecule has 0 radical (unpaired) electrons. The van der Waals surface area contributed by atoms with Crippen molar-refractivity contribution in [3.05, 3.63) is 35.9 Å². The molecular formula is C19H32N4O2S. The van der Waals surface area contributed by atoms with E-state index >= 15 is 0 Å². The fourth-order valence-electron chi connectivity index (χ4n) is 3.25. The lowest BCUT2D eigenvalue weighted by Crippen LogP contribution is -2.46. The molecule has 1 saturated heterocycles. The highest BCUT2D eigenvalue weighted by Gasteiger charge is 2.21. The molecule has 0 unspecified atom stereocenters. The lowest BCUT2D eigenvalue weighted by Gasteiger charge is -2.34.